The van der Waals surface area contributed by atoms with Gasteiger partial charge in [-0.3, -0.25) is 4.79 Å². The van der Waals surface area contributed by atoms with Crippen molar-refractivity contribution in [3.8, 4) is 6.07 Å². The summed E-state index contributed by atoms with van der Waals surface area (Å²) in [5.74, 6) is 0.443. The van der Waals surface area contributed by atoms with Crippen molar-refractivity contribution >= 4 is 46.3 Å². The number of aromatic nitrogens is 2. The first-order valence-corrected chi connectivity index (χ1v) is 8.60. The van der Waals surface area contributed by atoms with Crippen molar-refractivity contribution in [2.45, 2.75) is 6.92 Å². The summed E-state index contributed by atoms with van der Waals surface area (Å²) in [6, 6.07) is 15.4. The quantitative estimate of drug-likeness (QED) is 0.648. The summed E-state index contributed by atoms with van der Waals surface area (Å²) in [4.78, 5) is 21.0. The van der Waals surface area contributed by atoms with Gasteiger partial charge < -0.3 is 10.6 Å². The zero-order valence-corrected chi connectivity index (χ0v) is 15.6. The van der Waals surface area contributed by atoms with Gasteiger partial charge in [0, 0.05) is 11.8 Å². The van der Waals surface area contributed by atoms with Crippen LogP contribution in [-0.4, -0.2) is 15.9 Å². The highest BCUT2D eigenvalue weighted by Gasteiger charge is 2.14. The van der Waals surface area contributed by atoms with Crippen LogP contribution in [0.3, 0.4) is 0 Å². The third kappa shape index (κ3) is 4.53. The van der Waals surface area contributed by atoms with E-state index in [4.69, 9.17) is 28.5 Å². The molecule has 134 valence electrons. The van der Waals surface area contributed by atoms with Crippen LogP contribution in [0.5, 0.6) is 0 Å². The molecule has 0 unspecified atom stereocenters. The van der Waals surface area contributed by atoms with Gasteiger partial charge in [0.25, 0.3) is 5.91 Å². The molecule has 2 N–H and O–H groups in total. The zero-order valence-electron chi connectivity index (χ0n) is 14.1. The number of nitriles is 1. The topological polar surface area (TPSA) is 90.7 Å². The lowest BCUT2D eigenvalue weighted by atomic mass is 10.2. The molecule has 0 spiro atoms. The Kier molecular flexibility index (Phi) is 5.55. The molecule has 8 heteroatoms. The smallest absolute Gasteiger partial charge is 0.274 e. The van der Waals surface area contributed by atoms with E-state index in [-0.39, 0.29) is 10.7 Å². The predicted octanol–water partition coefficient (Wildman–Crippen LogP) is 4.96. The summed E-state index contributed by atoms with van der Waals surface area (Å²) in [5, 5.41) is 15.2. The molecular formula is C19H13Cl2N5O. The number of rotatable bonds is 4. The van der Waals surface area contributed by atoms with Gasteiger partial charge >= 0.3 is 0 Å². The molecule has 0 saturated heterocycles. The second kappa shape index (κ2) is 8.04. The van der Waals surface area contributed by atoms with E-state index >= 15 is 0 Å². The lowest BCUT2D eigenvalue weighted by Crippen LogP contribution is -2.15. The number of carbonyl (C=O) groups excluding carboxylic acids is 1. The molecular weight excluding hydrogens is 385 g/mol. The second-order valence-electron chi connectivity index (χ2n) is 5.56. The first kappa shape index (κ1) is 18.6. The number of aryl methyl sites for hydroxylation is 1. The molecule has 0 aliphatic heterocycles. The van der Waals surface area contributed by atoms with Crippen LogP contribution < -0.4 is 10.6 Å². The van der Waals surface area contributed by atoms with Crippen LogP contribution in [0, 0.1) is 18.3 Å². The Labute approximate surface area is 165 Å². The molecule has 1 aromatic heterocycles. The maximum Gasteiger partial charge on any atom is 0.274 e. The predicted molar refractivity (Wildman–Crippen MR) is 106 cm³/mol. The number of amides is 1. The summed E-state index contributed by atoms with van der Waals surface area (Å²) >= 11 is 12.1. The van der Waals surface area contributed by atoms with Gasteiger partial charge in [-0.25, -0.2) is 9.97 Å². The van der Waals surface area contributed by atoms with E-state index in [1.54, 1.807) is 49.4 Å². The second-order valence-corrected chi connectivity index (χ2v) is 6.34. The minimum atomic E-state index is -0.437. The number of hydrogen-bond acceptors (Lipinski definition) is 5. The van der Waals surface area contributed by atoms with E-state index in [9.17, 15) is 4.79 Å². The maximum absolute atomic E-state index is 12.6. The summed E-state index contributed by atoms with van der Waals surface area (Å²) in [6.07, 6.45) is 0. The molecule has 27 heavy (non-hydrogen) atoms. The average Bonchev–Trinajstić information content (AvgIpc) is 2.65. The van der Waals surface area contributed by atoms with Gasteiger partial charge in [-0.1, -0.05) is 29.3 Å². The number of nitrogens with one attached hydrogen (secondary N) is 2. The normalized spacial score (nSPS) is 10.1. The van der Waals surface area contributed by atoms with Gasteiger partial charge in [-0.15, -0.1) is 0 Å². The number of benzene rings is 2. The molecule has 1 amide bonds. The molecule has 6 nitrogen and oxygen atoms in total. The lowest BCUT2D eigenvalue weighted by molar-refractivity contribution is 0.102. The maximum atomic E-state index is 12.6. The van der Waals surface area contributed by atoms with E-state index in [1.165, 1.54) is 6.07 Å². The molecule has 0 fully saturated rings. The number of nitrogens with zero attached hydrogens (tertiary/aromatic N) is 3. The molecule has 1 heterocycles. The average molecular weight is 398 g/mol. The standard InChI is InChI=1S/C19H13Cl2N5O/c1-11-23-16(19(27)26-15-4-2-3-14(20)18(15)21)9-17(24-11)25-13-7-5-12(10-22)6-8-13/h2-9H,1H3,(H,26,27)(H,23,24,25). The molecule has 3 rings (SSSR count). The molecule has 0 radical (unpaired) electrons. The highest BCUT2D eigenvalue weighted by Crippen LogP contribution is 2.29. The lowest BCUT2D eigenvalue weighted by Gasteiger charge is -2.10. The van der Waals surface area contributed by atoms with E-state index in [0.29, 0.717) is 27.9 Å². The Morgan fingerprint density at radius 3 is 2.56 bits per heavy atom. The third-order valence-corrected chi connectivity index (χ3v) is 4.38. The van der Waals surface area contributed by atoms with Crippen molar-refractivity contribution in [3.05, 3.63) is 75.7 Å². The Morgan fingerprint density at radius 2 is 1.85 bits per heavy atom. The number of anilines is 3. The fourth-order valence-corrected chi connectivity index (χ4v) is 2.66. The van der Waals surface area contributed by atoms with E-state index < -0.39 is 5.91 Å². The van der Waals surface area contributed by atoms with Crippen LogP contribution in [0.2, 0.25) is 10.0 Å². The van der Waals surface area contributed by atoms with Crippen LogP contribution in [0.4, 0.5) is 17.2 Å². The fraction of sp³-hybridized carbons (Fsp3) is 0.0526. The zero-order chi connectivity index (χ0) is 19.4. The van der Waals surface area contributed by atoms with Crippen LogP contribution in [0.1, 0.15) is 21.9 Å². The van der Waals surface area contributed by atoms with E-state index in [0.717, 1.165) is 5.69 Å². The molecule has 0 atom stereocenters. The first-order chi connectivity index (χ1) is 13.0. The van der Waals surface area contributed by atoms with Crippen LogP contribution >= 0.6 is 23.2 Å². The minimum absolute atomic E-state index is 0.176. The third-order valence-electron chi connectivity index (χ3n) is 3.56. The van der Waals surface area contributed by atoms with Crippen molar-refractivity contribution in [1.29, 1.82) is 5.26 Å². The molecule has 0 aliphatic carbocycles. The molecule has 0 saturated carbocycles. The van der Waals surface area contributed by atoms with Gasteiger partial charge in [0.05, 0.1) is 27.4 Å². The summed E-state index contributed by atoms with van der Waals surface area (Å²) in [6.45, 7) is 1.69. The van der Waals surface area contributed by atoms with Gasteiger partial charge in [-0.2, -0.15) is 5.26 Å². The highest BCUT2D eigenvalue weighted by molar-refractivity contribution is 6.44. The minimum Gasteiger partial charge on any atom is -0.340 e. The van der Waals surface area contributed by atoms with Gasteiger partial charge in [-0.05, 0) is 43.3 Å². The van der Waals surface area contributed by atoms with Gasteiger partial charge in [0.2, 0.25) is 0 Å². The molecule has 3 aromatic rings. The van der Waals surface area contributed by atoms with E-state index in [2.05, 4.69) is 26.7 Å². The number of halogens is 2. The summed E-state index contributed by atoms with van der Waals surface area (Å²) < 4.78 is 0. The molecule has 0 aliphatic rings. The van der Waals surface area contributed by atoms with Crippen molar-refractivity contribution < 1.29 is 4.79 Å². The molecule has 2 aromatic carbocycles. The van der Waals surface area contributed by atoms with Crippen molar-refractivity contribution in [3.63, 3.8) is 0 Å². The number of hydrogen-bond donors (Lipinski definition) is 2. The fourth-order valence-electron chi connectivity index (χ4n) is 2.31. The Morgan fingerprint density at radius 1 is 1.11 bits per heavy atom. The van der Waals surface area contributed by atoms with Crippen molar-refractivity contribution in [1.82, 2.24) is 9.97 Å². The summed E-state index contributed by atoms with van der Waals surface area (Å²) in [5.41, 5.74) is 1.86. The van der Waals surface area contributed by atoms with Crippen molar-refractivity contribution in [2.75, 3.05) is 10.6 Å². The number of carbonyl (C=O) groups is 1. The van der Waals surface area contributed by atoms with Gasteiger partial charge in [0.1, 0.15) is 17.3 Å². The molecule has 0 bridgehead atoms. The van der Waals surface area contributed by atoms with E-state index in [1.807, 2.05) is 0 Å². The Hall–Kier alpha value is -3.14. The largest absolute Gasteiger partial charge is 0.340 e. The summed E-state index contributed by atoms with van der Waals surface area (Å²) in [7, 11) is 0. The van der Waals surface area contributed by atoms with Crippen LogP contribution in [0.25, 0.3) is 0 Å². The van der Waals surface area contributed by atoms with Crippen molar-refractivity contribution in [2.24, 2.45) is 0 Å². The first-order valence-electron chi connectivity index (χ1n) is 7.84. The SMILES string of the molecule is Cc1nc(Nc2ccc(C#N)cc2)cc(C(=O)Nc2cccc(Cl)c2Cl)n1. The Bertz CT molecular complexity index is 1040. The monoisotopic (exact) mass is 397 g/mol. The highest BCUT2D eigenvalue weighted by atomic mass is 35.5. The van der Waals surface area contributed by atoms with Crippen LogP contribution in [0.15, 0.2) is 48.5 Å². The van der Waals surface area contributed by atoms with Crippen LogP contribution in [-0.2, 0) is 0 Å². The van der Waals surface area contributed by atoms with Gasteiger partial charge in [0.15, 0.2) is 0 Å². The Balaban J connectivity index is 1.82.